The van der Waals surface area contributed by atoms with Gasteiger partial charge in [-0.3, -0.25) is 4.79 Å². The Morgan fingerprint density at radius 2 is 2.03 bits per heavy atom. The number of methoxy groups -OCH3 is 2. The number of thioether (sulfide) groups is 1. The predicted molar refractivity (Wildman–Crippen MR) is 127 cm³/mol. The number of hydrogen-bond acceptors (Lipinski definition) is 7. The molecule has 0 bridgehead atoms. The van der Waals surface area contributed by atoms with Crippen molar-refractivity contribution in [1.82, 2.24) is 14.8 Å². The van der Waals surface area contributed by atoms with Crippen LogP contribution in [-0.4, -0.2) is 40.6 Å². The Balaban J connectivity index is 1.71. The molecule has 2 heterocycles. The van der Waals surface area contributed by atoms with Crippen LogP contribution >= 0.6 is 23.1 Å². The van der Waals surface area contributed by atoms with Gasteiger partial charge >= 0.3 is 0 Å². The monoisotopic (exact) mass is 460 g/mol. The van der Waals surface area contributed by atoms with E-state index >= 15 is 0 Å². The summed E-state index contributed by atoms with van der Waals surface area (Å²) in [6, 6.07) is 7.46. The largest absolute Gasteiger partial charge is 0.497 e. The summed E-state index contributed by atoms with van der Waals surface area (Å²) in [5.41, 5.74) is 1.68. The molecular weight excluding hydrogens is 432 g/mol. The van der Waals surface area contributed by atoms with Gasteiger partial charge in [0.05, 0.1) is 25.7 Å². The maximum Gasteiger partial charge on any atom is 0.234 e. The van der Waals surface area contributed by atoms with Crippen molar-refractivity contribution >= 4 is 34.7 Å². The number of carbonyl (C=O) groups excluding carboxylic acids is 1. The molecule has 0 aliphatic rings. The van der Waals surface area contributed by atoms with Gasteiger partial charge in [-0.2, -0.15) is 0 Å². The Hall–Kier alpha value is -2.52. The number of rotatable bonds is 10. The molecule has 0 aliphatic carbocycles. The lowest BCUT2D eigenvalue weighted by atomic mass is 10.1. The van der Waals surface area contributed by atoms with Gasteiger partial charge in [0.1, 0.15) is 11.5 Å². The number of ether oxygens (including phenoxy) is 2. The van der Waals surface area contributed by atoms with E-state index in [-0.39, 0.29) is 11.7 Å². The van der Waals surface area contributed by atoms with Gasteiger partial charge in [0.25, 0.3) is 0 Å². The quantitative estimate of drug-likeness (QED) is 0.414. The molecule has 0 saturated carbocycles. The van der Waals surface area contributed by atoms with E-state index in [4.69, 9.17) is 9.47 Å². The highest BCUT2D eigenvalue weighted by molar-refractivity contribution is 7.99. The van der Waals surface area contributed by atoms with Crippen molar-refractivity contribution in [1.29, 1.82) is 0 Å². The molecule has 0 radical (unpaired) electrons. The number of carbonyl (C=O) groups is 1. The van der Waals surface area contributed by atoms with Gasteiger partial charge in [0.2, 0.25) is 5.91 Å². The summed E-state index contributed by atoms with van der Waals surface area (Å²) in [5, 5.41) is 14.5. The standard InChI is InChI=1S/C22H28N4O3S2/c1-6-9-26-21(15-10-19(14(2)3)30-12-15)24-25-22(26)31-13-20(27)23-17-8-7-16(28-4)11-18(17)29-5/h7-8,10-12,14H,6,9,13H2,1-5H3,(H,23,27). The summed E-state index contributed by atoms with van der Waals surface area (Å²) >= 11 is 3.12. The zero-order chi connectivity index (χ0) is 22.4. The molecular formula is C22H28N4O3S2. The van der Waals surface area contributed by atoms with E-state index in [9.17, 15) is 4.79 Å². The molecule has 0 aliphatic heterocycles. The minimum Gasteiger partial charge on any atom is -0.497 e. The van der Waals surface area contributed by atoms with E-state index in [2.05, 4.69) is 52.3 Å². The molecule has 9 heteroatoms. The highest BCUT2D eigenvalue weighted by atomic mass is 32.2. The molecule has 0 unspecified atom stereocenters. The second-order valence-corrected chi connectivity index (χ2v) is 9.14. The van der Waals surface area contributed by atoms with Crippen LogP contribution in [0.25, 0.3) is 11.4 Å². The van der Waals surface area contributed by atoms with Gasteiger partial charge in [-0.15, -0.1) is 21.5 Å². The Morgan fingerprint density at radius 1 is 1.23 bits per heavy atom. The average molecular weight is 461 g/mol. The SMILES string of the molecule is CCCn1c(SCC(=O)Nc2ccc(OC)cc2OC)nnc1-c1csc(C(C)C)c1. The number of thiophene rings is 1. The summed E-state index contributed by atoms with van der Waals surface area (Å²) < 4.78 is 12.6. The van der Waals surface area contributed by atoms with Crippen LogP contribution in [0.3, 0.4) is 0 Å². The van der Waals surface area contributed by atoms with Crippen LogP contribution in [-0.2, 0) is 11.3 Å². The molecule has 1 N–H and O–H groups in total. The molecule has 3 rings (SSSR count). The van der Waals surface area contributed by atoms with Crippen LogP contribution in [0.4, 0.5) is 5.69 Å². The number of nitrogens with zero attached hydrogens (tertiary/aromatic N) is 3. The molecule has 3 aromatic rings. The van der Waals surface area contributed by atoms with Gasteiger partial charge in [-0.05, 0) is 30.5 Å². The molecule has 0 spiro atoms. The molecule has 31 heavy (non-hydrogen) atoms. The third kappa shape index (κ3) is 5.59. The summed E-state index contributed by atoms with van der Waals surface area (Å²) in [6.45, 7) is 7.29. The third-order valence-electron chi connectivity index (χ3n) is 4.63. The molecule has 1 amide bonds. The average Bonchev–Trinajstić information content (AvgIpc) is 3.40. The van der Waals surface area contributed by atoms with Crippen molar-refractivity contribution in [3.05, 3.63) is 34.5 Å². The fourth-order valence-electron chi connectivity index (χ4n) is 3.03. The Kier molecular flexibility index (Phi) is 7.97. The van der Waals surface area contributed by atoms with Crippen LogP contribution in [0, 0.1) is 0 Å². The first-order chi connectivity index (χ1) is 15.0. The number of nitrogens with one attached hydrogen (secondary N) is 1. The smallest absolute Gasteiger partial charge is 0.234 e. The van der Waals surface area contributed by atoms with Crippen LogP contribution < -0.4 is 14.8 Å². The maximum absolute atomic E-state index is 12.6. The highest BCUT2D eigenvalue weighted by Gasteiger charge is 2.17. The van der Waals surface area contributed by atoms with Crippen molar-refractivity contribution in [3.8, 4) is 22.9 Å². The van der Waals surface area contributed by atoms with Gasteiger partial charge in [-0.1, -0.05) is 32.5 Å². The first-order valence-corrected chi connectivity index (χ1v) is 12.0. The van der Waals surface area contributed by atoms with Gasteiger partial charge in [0.15, 0.2) is 11.0 Å². The van der Waals surface area contributed by atoms with E-state index in [1.165, 1.54) is 16.6 Å². The lowest BCUT2D eigenvalue weighted by molar-refractivity contribution is -0.113. The van der Waals surface area contributed by atoms with Crippen LogP contribution in [0.2, 0.25) is 0 Å². The number of hydrogen-bond donors (Lipinski definition) is 1. The van der Waals surface area contributed by atoms with E-state index in [1.54, 1.807) is 43.8 Å². The second kappa shape index (κ2) is 10.7. The number of anilines is 1. The van der Waals surface area contributed by atoms with Gasteiger partial charge in [-0.25, -0.2) is 0 Å². The van der Waals surface area contributed by atoms with Crippen LogP contribution in [0.15, 0.2) is 34.8 Å². The Morgan fingerprint density at radius 3 is 2.68 bits per heavy atom. The second-order valence-electron chi connectivity index (χ2n) is 7.25. The molecule has 0 saturated heterocycles. The highest BCUT2D eigenvalue weighted by Crippen LogP contribution is 2.32. The molecule has 0 atom stereocenters. The fourth-order valence-corrected chi connectivity index (χ4v) is 4.69. The van der Waals surface area contributed by atoms with E-state index in [0.717, 1.165) is 29.5 Å². The molecule has 2 aromatic heterocycles. The summed E-state index contributed by atoms with van der Waals surface area (Å²) in [4.78, 5) is 13.9. The number of amides is 1. The topological polar surface area (TPSA) is 78.3 Å². The first-order valence-electron chi connectivity index (χ1n) is 10.1. The van der Waals surface area contributed by atoms with Crippen molar-refractivity contribution in [3.63, 3.8) is 0 Å². The van der Waals surface area contributed by atoms with Crippen LogP contribution in [0.1, 0.15) is 38.0 Å². The van der Waals surface area contributed by atoms with Crippen molar-refractivity contribution in [2.75, 3.05) is 25.3 Å². The number of aromatic nitrogens is 3. The molecule has 7 nitrogen and oxygen atoms in total. The van der Waals surface area contributed by atoms with Crippen LogP contribution in [0.5, 0.6) is 11.5 Å². The van der Waals surface area contributed by atoms with Gasteiger partial charge < -0.3 is 19.4 Å². The zero-order valence-electron chi connectivity index (χ0n) is 18.5. The maximum atomic E-state index is 12.6. The fraction of sp³-hybridized carbons (Fsp3) is 0.409. The van der Waals surface area contributed by atoms with E-state index in [1.807, 2.05) is 0 Å². The number of benzene rings is 1. The van der Waals surface area contributed by atoms with E-state index < -0.39 is 0 Å². The van der Waals surface area contributed by atoms with Crippen molar-refractivity contribution in [2.45, 2.75) is 44.8 Å². The Bertz CT molecular complexity index is 1030. The van der Waals surface area contributed by atoms with Gasteiger partial charge in [0, 0.05) is 28.4 Å². The summed E-state index contributed by atoms with van der Waals surface area (Å²) in [5.74, 6) is 2.63. The lowest BCUT2D eigenvalue weighted by Gasteiger charge is -2.12. The molecule has 166 valence electrons. The lowest BCUT2D eigenvalue weighted by Crippen LogP contribution is -2.15. The van der Waals surface area contributed by atoms with Crippen molar-refractivity contribution < 1.29 is 14.3 Å². The first kappa shape index (κ1) is 23.1. The van der Waals surface area contributed by atoms with Crippen molar-refractivity contribution in [2.24, 2.45) is 0 Å². The minimum atomic E-state index is -0.140. The van der Waals surface area contributed by atoms with E-state index in [0.29, 0.717) is 23.1 Å². The third-order valence-corrected chi connectivity index (χ3v) is 6.83. The minimum absolute atomic E-state index is 0.140. The molecule has 0 fully saturated rings. The zero-order valence-corrected chi connectivity index (χ0v) is 20.1. The normalized spacial score (nSPS) is 11.0. The molecule has 1 aromatic carbocycles. The Labute approximate surface area is 191 Å². The summed E-state index contributed by atoms with van der Waals surface area (Å²) in [6.07, 6.45) is 0.953. The summed E-state index contributed by atoms with van der Waals surface area (Å²) in [7, 11) is 3.15. The predicted octanol–water partition coefficient (Wildman–Crippen LogP) is 5.29.